The second-order valence-electron chi connectivity index (χ2n) is 3.20. The molecule has 0 amide bonds. The fourth-order valence-corrected chi connectivity index (χ4v) is 1.17. The van der Waals surface area contributed by atoms with Gasteiger partial charge in [-0.2, -0.15) is 4.98 Å². The molecule has 0 bridgehead atoms. The minimum atomic E-state index is 0.448. The van der Waals surface area contributed by atoms with E-state index in [4.69, 9.17) is 17.0 Å². The van der Waals surface area contributed by atoms with Gasteiger partial charge in [0.2, 0.25) is 5.88 Å². The molecule has 86 valence electrons. The summed E-state index contributed by atoms with van der Waals surface area (Å²) in [6, 6.07) is 1.65. The van der Waals surface area contributed by atoms with Gasteiger partial charge in [0.05, 0.1) is 0 Å². The molecule has 1 aromatic rings. The molecule has 0 spiro atoms. The highest BCUT2D eigenvalue weighted by atomic mass is 16.5. The number of nitrogens with two attached hydrogens (primary N) is 1. The molecule has 1 rings (SSSR count). The minimum Gasteiger partial charge on any atom is -0.477 e. The second-order valence-corrected chi connectivity index (χ2v) is 3.20. The number of terminal acetylenes is 1. The van der Waals surface area contributed by atoms with Gasteiger partial charge in [0.15, 0.2) is 0 Å². The van der Waals surface area contributed by atoms with Crippen LogP contribution in [-0.2, 0) is 6.42 Å². The predicted molar refractivity (Wildman–Crippen MR) is 62.8 cm³/mol. The monoisotopic (exact) mass is 220 g/mol. The van der Waals surface area contributed by atoms with Gasteiger partial charge in [-0.25, -0.2) is 10.8 Å². The van der Waals surface area contributed by atoms with Crippen molar-refractivity contribution in [3.8, 4) is 18.2 Å². The summed E-state index contributed by atoms with van der Waals surface area (Å²) in [4.78, 5) is 8.45. The Morgan fingerprint density at radius 3 is 3.00 bits per heavy atom. The maximum absolute atomic E-state index is 5.39. The third kappa shape index (κ3) is 3.75. The summed E-state index contributed by atoms with van der Waals surface area (Å²) in [7, 11) is 0. The number of aryl methyl sites for hydroxylation is 1. The highest BCUT2D eigenvalue weighted by Crippen LogP contribution is 2.13. The average Bonchev–Trinajstić information content (AvgIpc) is 2.29. The molecule has 0 unspecified atom stereocenters. The fourth-order valence-electron chi connectivity index (χ4n) is 1.17. The summed E-state index contributed by atoms with van der Waals surface area (Å²) in [6.45, 7) is 2.51. The highest BCUT2D eigenvalue weighted by molar-refractivity contribution is 5.37. The van der Waals surface area contributed by atoms with E-state index in [9.17, 15) is 0 Å². The van der Waals surface area contributed by atoms with Crippen LogP contribution in [0.25, 0.3) is 0 Å². The Labute approximate surface area is 95.4 Å². The molecule has 5 heteroatoms. The van der Waals surface area contributed by atoms with Gasteiger partial charge in [0, 0.05) is 18.9 Å². The largest absolute Gasteiger partial charge is 0.477 e. The number of hydrogen-bond acceptors (Lipinski definition) is 5. The third-order valence-electron chi connectivity index (χ3n) is 1.87. The molecule has 0 radical (unpaired) electrons. The van der Waals surface area contributed by atoms with Crippen molar-refractivity contribution in [2.45, 2.75) is 26.2 Å². The standard InChI is InChI=1S/C11H16N4O/c1-3-5-7-16-11-8-10(15-12)13-9(14-11)6-4-2/h1,8H,4-7,12H2,2H3,(H,13,14,15). The van der Waals surface area contributed by atoms with Crippen LogP contribution in [0.3, 0.4) is 0 Å². The summed E-state index contributed by atoms with van der Waals surface area (Å²) in [5, 5.41) is 0. The topological polar surface area (TPSA) is 73.1 Å². The molecule has 16 heavy (non-hydrogen) atoms. The molecule has 0 saturated carbocycles. The van der Waals surface area contributed by atoms with E-state index in [2.05, 4.69) is 28.2 Å². The van der Waals surface area contributed by atoms with Crippen molar-refractivity contribution < 1.29 is 4.74 Å². The Balaban J connectivity index is 2.74. The van der Waals surface area contributed by atoms with Crippen LogP contribution < -0.4 is 16.0 Å². The molecule has 0 saturated heterocycles. The third-order valence-corrected chi connectivity index (χ3v) is 1.87. The fraction of sp³-hybridized carbons (Fsp3) is 0.455. The normalized spacial score (nSPS) is 9.56. The van der Waals surface area contributed by atoms with Crippen molar-refractivity contribution in [1.29, 1.82) is 0 Å². The van der Waals surface area contributed by atoms with E-state index >= 15 is 0 Å². The van der Waals surface area contributed by atoms with Gasteiger partial charge in [-0.15, -0.1) is 12.3 Å². The Morgan fingerprint density at radius 2 is 2.38 bits per heavy atom. The Kier molecular flexibility index (Phi) is 5.09. The predicted octanol–water partition coefficient (Wildman–Crippen LogP) is 1.12. The zero-order valence-electron chi connectivity index (χ0n) is 9.36. The number of nitrogen functional groups attached to an aromatic ring is 1. The Bertz CT molecular complexity index is 373. The lowest BCUT2D eigenvalue weighted by atomic mass is 10.3. The van der Waals surface area contributed by atoms with E-state index < -0.39 is 0 Å². The van der Waals surface area contributed by atoms with Crippen LogP contribution in [0.1, 0.15) is 25.6 Å². The number of rotatable bonds is 6. The van der Waals surface area contributed by atoms with Crippen LogP contribution in [0.2, 0.25) is 0 Å². The van der Waals surface area contributed by atoms with Gasteiger partial charge in [0.25, 0.3) is 0 Å². The molecule has 0 aliphatic heterocycles. The lowest BCUT2D eigenvalue weighted by molar-refractivity contribution is 0.313. The van der Waals surface area contributed by atoms with Gasteiger partial charge in [-0.3, -0.25) is 0 Å². The van der Waals surface area contributed by atoms with Gasteiger partial charge in [-0.05, 0) is 6.42 Å². The molecule has 0 aliphatic rings. The lowest BCUT2D eigenvalue weighted by Crippen LogP contribution is -2.11. The van der Waals surface area contributed by atoms with Crippen molar-refractivity contribution in [3.05, 3.63) is 11.9 Å². The molecule has 5 nitrogen and oxygen atoms in total. The summed E-state index contributed by atoms with van der Waals surface area (Å²) in [5.74, 6) is 9.58. The van der Waals surface area contributed by atoms with Crippen LogP contribution in [0.15, 0.2) is 6.07 Å². The maximum Gasteiger partial charge on any atom is 0.218 e. The number of nitrogens with one attached hydrogen (secondary N) is 1. The first-order valence-corrected chi connectivity index (χ1v) is 5.21. The second kappa shape index (κ2) is 6.64. The summed E-state index contributed by atoms with van der Waals surface area (Å²) >= 11 is 0. The average molecular weight is 220 g/mol. The van der Waals surface area contributed by atoms with E-state index in [0.717, 1.165) is 12.8 Å². The molecule has 0 aliphatic carbocycles. The van der Waals surface area contributed by atoms with E-state index in [-0.39, 0.29) is 0 Å². The van der Waals surface area contributed by atoms with Gasteiger partial charge >= 0.3 is 0 Å². The van der Waals surface area contributed by atoms with Crippen molar-refractivity contribution in [2.75, 3.05) is 12.0 Å². The molecule has 3 N–H and O–H groups in total. The van der Waals surface area contributed by atoms with Crippen molar-refractivity contribution in [2.24, 2.45) is 5.84 Å². The van der Waals surface area contributed by atoms with Crippen LogP contribution in [-0.4, -0.2) is 16.6 Å². The smallest absolute Gasteiger partial charge is 0.218 e. The first kappa shape index (κ1) is 12.3. The van der Waals surface area contributed by atoms with Gasteiger partial charge in [0.1, 0.15) is 18.2 Å². The summed E-state index contributed by atoms with van der Waals surface area (Å²) in [6.07, 6.45) is 7.45. The number of nitrogens with zero attached hydrogens (tertiary/aromatic N) is 2. The molecule has 0 aromatic carbocycles. The minimum absolute atomic E-state index is 0.448. The van der Waals surface area contributed by atoms with Crippen LogP contribution >= 0.6 is 0 Å². The Hall–Kier alpha value is -1.80. The summed E-state index contributed by atoms with van der Waals surface area (Å²) < 4.78 is 5.39. The number of anilines is 1. The first-order chi connectivity index (χ1) is 7.80. The number of hydrazine groups is 1. The maximum atomic E-state index is 5.39. The number of hydrogen-bond donors (Lipinski definition) is 2. The highest BCUT2D eigenvalue weighted by Gasteiger charge is 2.04. The van der Waals surface area contributed by atoms with E-state index in [1.165, 1.54) is 0 Å². The van der Waals surface area contributed by atoms with E-state index in [1.54, 1.807) is 6.07 Å². The van der Waals surface area contributed by atoms with Crippen molar-refractivity contribution >= 4 is 5.82 Å². The van der Waals surface area contributed by atoms with Crippen LogP contribution in [0.5, 0.6) is 5.88 Å². The van der Waals surface area contributed by atoms with Crippen LogP contribution in [0.4, 0.5) is 5.82 Å². The van der Waals surface area contributed by atoms with Gasteiger partial charge < -0.3 is 10.2 Å². The lowest BCUT2D eigenvalue weighted by Gasteiger charge is -2.07. The zero-order chi connectivity index (χ0) is 11.8. The molecule has 0 atom stereocenters. The molecule has 1 aromatic heterocycles. The zero-order valence-corrected chi connectivity index (χ0v) is 9.36. The summed E-state index contributed by atoms with van der Waals surface area (Å²) in [5.41, 5.74) is 2.49. The van der Waals surface area contributed by atoms with Crippen LogP contribution in [0, 0.1) is 12.3 Å². The van der Waals surface area contributed by atoms with Gasteiger partial charge in [-0.1, -0.05) is 6.92 Å². The molecule has 1 heterocycles. The molecular weight excluding hydrogens is 204 g/mol. The first-order valence-electron chi connectivity index (χ1n) is 5.21. The van der Waals surface area contributed by atoms with E-state index in [0.29, 0.717) is 30.5 Å². The van der Waals surface area contributed by atoms with Crippen molar-refractivity contribution in [3.63, 3.8) is 0 Å². The quantitative estimate of drug-likeness (QED) is 0.325. The number of ether oxygens (including phenoxy) is 1. The van der Waals surface area contributed by atoms with Crippen molar-refractivity contribution in [1.82, 2.24) is 9.97 Å². The SMILES string of the molecule is C#CCCOc1cc(NN)nc(CCC)n1. The Morgan fingerprint density at radius 1 is 1.56 bits per heavy atom. The molecular formula is C11H16N4O. The van der Waals surface area contributed by atoms with E-state index in [1.807, 2.05) is 0 Å². The molecule has 0 fully saturated rings. The number of aromatic nitrogens is 2.